The molecule has 3 fully saturated rings. The number of aliphatic hydroxyl groups is 3. The van der Waals surface area contributed by atoms with Gasteiger partial charge in [0.25, 0.3) is 0 Å². The summed E-state index contributed by atoms with van der Waals surface area (Å²) in [5.74, 6) is -7.52. The monoisotopic (exact) mass is 412 g/mol. The molecule has 156 valence electrons. The summed E-state index contributed by atoms with van der Waals surface area (Å²) in [6.45, 7) is -0.905. The number of halogens is 2. The van der Waals surface area contributed by atoms with Gasteiger partial charge in [0, 0.05) is 0 Å². The molecule has 0 amide bonds. The van der Waals surface area contributed by atoms with Crippen molar-refractivity contribution in [1.82, 2.24) is 20.9 Å². The predicted molar refractivity (Wildman–Crippen MR) is 91.7 cm³/mol. The fourth-order valence-electron chi connectivity index (χ4n) is 4.12. The number of carbonyl (C=O) groups excluding carboxylic acids is 1. The van der Waals surface area contributed by atoms with Crippen molar-refractivity contribution in [2.75, 3.05) is 13.2 Å². The lowest BCUT2D eigenvalue weighted by atomic mass is 9.85. The quantitative estimate of drug-likeness (QED) is 0.198. The summed E-state index contributed by atoms with van der Waals surface area (Å²) in [7, 11) is 0. The smallest absolute Gasteiger partial charge is 0.341 e. The highest BCUT2D eigenvalue weighted by atomic mass is 19.2. The van der Waals surface area contributed by atoms with Crippen molar-refractivity contribution in [3.63, 3.8) is 0 Å². The molecule has 1 spiro atoms. The van der Waals surface area contributed by atoms with Crippen LogP contribution in [0.2, 0.25) is 0 Å². The molecule has 11 nitrogen and oxygen atoms in total. The minimum Gasteiger partial charge on any atom is -0.451 e. The summed E-state index contributed by atoms with van der Waals surface area (Å²) in [5, 5.41) is 55.4. The molecule has 0 aromatic heterocycles. The zero-order valence-corrected chi connectivity index (χ0v) is 14.7. The molecule has 3 heterocycles. The Balaban J connectivity index is 1.70. The molecule has 0 saturated carbocycles. The SMILES string of the molecule is N=C1N[C@H]2[C@H](CO)NC(=N)N3C[C@H](OC(=O)c4cccc(F)c4F)C(O)(O)[C@]23N1. The van der Waals surface area contributed by atoms with Gasteiger partial charge in [0.1, 0.15) is 0 Å². The minimum atomic E-state index is -2.87. The van der Waals surface area contributed by atoms with E-state index in [1.165, 1.54) is 0 Å². The Morgan fingerprint density at radius 2 is 2.03 bits per heavy atom. The van der Waals surface area contributed by atoms with Gasteiger partial charge in [0.05, 0.1) is 30.8 Å². The lowest BCUT2D eigenvalue weighted by Gasteiger charge is -2.50. The number of guanidine groups is 2. The lowest BCUT2D eigenvalue weighted by Crippen LogP contribution is -2.80. The molecular formula is C16H18F2N6O5. The van der Waals surface area contributed by atoms with Crippen molar-refractivity contribution in [1.29, 1.82) is 10.8 Å². The van der Waals surface area contributed by atoms with Crippen LogP contribution in [0.3, 0.4) is 0 Å². The van der Waals surface area contributed by atoms with Crippen LogP contribution < -0.4 is 16.0 Å². The van der Waals surface area contributed by atoms with Gasteiger partial charge < -0.3 is 40.9 Å². The van der Waals surface area contributed by atoms with Crippen molar-refractivity contribution in [3.8, 4) is 0 Å². The Morgan fingerprint density at radius 1 is 1.31 bits per heavy atom. The summed E-state index contributed by atoms with van der Waals surface area (Å²) in [5.41, 5.74) is -2.66. The van der Waals surface area contributed by atoms with Crippen molar-refractivity contribution in [3.05, 3.63) is 35.4 Å². The van der Waals surface area contributed by atoms with Gasteiger partial charge >= 0.3 is 5.97 Å². The first kappa shape index (κ1) is 19.3. The molecule has 29 heavy (non-hydrogen) atoms. The van der Waals surface area contributed by atoms with Gasteiger partial charge in [0.15, 0.2) is 35.3 Å². The molecular weight excluding hydrogens is 394 g/mol. The summed E-state index contributed by atoms with van der Waals surface area (Å²) < 4.78 is 32.4. The summed E-state index contributed by atoms with van der Waals surface area (Å²) in [6, 6.07) is 1.02. The highest BCUT2D eigenvalue weighted by Gasteiger charge is 2.75. The van der Waals surface area contributed by atoms with Crippen molar-refractivity contribution < 1.29 is 33.6 Å². The lowest BCUT2D eigenvalue weighted by molar-refractivity contribution is -0.258. The zero-order chi connectivity index (χ0) is 21.1. The van der Waals surface area contributed by atoms with E-state index in [4.69, 9.17) is 15.6 Å². The van der Waals surface area contributed by atoms with E-state index in [1.54, 1.807) is 0 Å². The number of nitrogens with zero attached hydrogens (tertiary/aromatic N) is 1. The third-order valence-corrected chi connectivity index (χ3v) is 5.46. The van der Waals surface area contributed by atoms with Gasteiger partial charge in [-0.25, -0.2) is 13.6 Å². The normalized spacial score (nSPS) is 32.0. The Bertz CT molecular complexity index is 914. The van der Waals surface area contributed by atoms with Crippen LogP contribution in [0.25, 0.3) is 0 Å². The highest BCUT2D eigenvalue weighted by Crippen LogP contribution is 2.44. The van der Waals surface area contributed by atoms with Gasteiger partial charge in [-0.05, 0) is 12.1 Å². The molecule has 3 aliphatic heterocycles. The second-order valence-corrected chi connectivity index (χ2v) is 7.00. The molecule has 0 aliphatic carbocycles. The van der Waals surface area contributed by atoms with E-state index in [0.717, 1.165) is 23.1 Å². The third-order valence-electron chi connectivity index (χ3n) is 5.46. The van der Waals surface area contributed by atoms with Crippen molar-refractivity contribution >= 4 is 17.9 Å². The van der Waals surface area contributed by atoms with Gasteiger partial charge in [-0.2, -0.15) is 0 Å². The number of benzene rings is 1. The molecule has 8 N–H and O–H groups in total. The summed E-state index contributed by atoms with van der Waals surface area (Å²) >= 11 is 0. The summed E-state index contributed by atoms with van der Waals surface area (Å²) in [4.78, 5) is 13.5. The Morgan fingerprint density at radius 3 is 2.72 bits per heavy atom. The molecule has 13 heteroatoms. The summed E-state index contributed by atoms with van der Waals surface area (Å²) in [6.07, 6.45) is -1.69. The standard InChI is InChI=1S/C16H18F2N6O5/c17-7-3-1-2-6(10(7)18)12(26)29-9-4-24-14(20)21-8(5-25)11-15(24,16(9,27)28)23-13(19)22-11/h1-3,8-9,11,25,27-28H,4-5H2,(H2,20,21)(H3,19,22,23)/t8-,9-,11-,15-/m0/s1. The van der Waals surface area contributed by atoms with Crippen LogP contribution in [-0.4, -0.2) is 80.9 Å². The number of esters is 1. The van der Waals surface area contributed by atoms with Crippen LogP contribution in [0.1, 0.15) is 10.4 Å². The number of carbonyl (C=O) groups is 1. The Labute approximate surface area is 162 Å². The van der Waals surface area contributed by atoms with Crippen LogP contribution >= 0.6 is 0 Å². The number of rotatable bonds is 3. The van der Waals surface area contributed by atoms with Gasteiger partial charge in [-0.3, -0.25) is 10.8 Å². The van der Waals surface area contributed by atoms with Gasteiger partial charge in [-0.15, -0.1) is 0 Å². The number of aliphatic hydroxyl groups excluding tert-OH is 1. The Kier molecular flexibility index (Phi) is 4.15. The third kappa shape index (κ3) is 2.47. The average molecular weight is 412 g/mol. The molecule has 0 radical (unpaired) electrons. The van der Waals surface area contributed by atoms with E-state index in [-0.39, 0.29) is 11.9 Å². The second kappa shape index (κ2) is 6.23. The molecule has 4 rings (SSSR count). The van der Waals surface area contributed by atoms with Gasteiger partial charge in [-0.1, -0.05) is 6.07 Å². The number of ether oxygens (including phenoxy) is 1. The molecule has 1 aromatic rings. The van der Waals surface area contributed by atoms with Crippen LogP contribution in [0, 0.1) is 22.5 Å². The first-order chi connectivity index (χ1) is 13.6. The first-order valence-electron chi connectivity index (χ1n) is 8.60. The van der Waals surface area contributed by atoms with Crippen molar-refractivity contribution in [2.24, 2.45) is 0 Å². The van der Waals surface area contributed by atoms with E-state index in [9.17, 15) is 28.9 Å². The maximum atomic E-state index is 13.9. The maximum absolute atomic E-state index is 13.9. The average Bonchev–Trinajstić information content (AvgIpc) is 3.12. The molecule has 0 unspecified atom stereocenters. The second-order valence-electron chi connectivity index (χ2n) is 7.00. The topological polar surface area (TPSA) is 174 Å². The minimum absolute atomic E-state index is 0.300. The van der Waals surface area contributed by atoms with Crippen LogP contribution in [0.5, 0.6) is 0 Å². The van der Waals surface area contributed by atoms with E-state index < -0.39 is 66.0 Å². The number of hydrogen-bond acceptors (Lipinski definition) is 7. The predicted octanol–water partition coefficient (Wildman–Crippen LogP) is -2.42. The fourth-order valence-corrected chi connectivity index (χ4v) is 4.12. The van der Waals surface area contributed by atoms with Crippen LogP contribution in [0.4, 0.5) is 8.78 Å². The largest absolute Gasteiger partial charge is 0.451 e. The number of nitrogens with one attached hydrogen (secondary N) is 5. The maximum Gasteiger partial charge on any atom is 0.341 e. The van der Waals surface area contributed by atoms with E-state index in [0.29, 0.717) is 0 Å². The van der Waals surface area contributed by atoms with E-state index >= 15 is 0 Å². The molecule has 3 aliphatic rings. The van der Waals surface area contributed by atoms with Crippen molar-refractivity contribution in [2.45, 2.75) is 29.6 Å². The molecule has 4 atom stereocenters. The first-order valence-corrected chi connectivity index (χ1v) is 8.60. The Hall–Kier alpha value is -3.03. The van der Waals surface area contributed by atoms with Crippen LogP contribution in [-0.2, 0) is 4.74 Å². The number of hydrogen-bond donors (Lipinski definition) is 8. The zero-order valence-electron chi connectivity index (χ0n) is 14.7. The van der Waals surface area contributed by atoms with Gasteiger partial charge in [0.2, 0.25) is 5.79 Å². The van der Waals surface area contributed by atoms with E-state index in [2.05, 4.69) is 16.0 Å². The molecule has 3 saturated heterocycles. The molecule has 1 aromatic carbocycles. The van der Waals surface area contributed by atoms with E-state index in [1.807, 2.05) is 0 Å². The fraction of sp³-hybridized carbons (Fsp3) is 0.438. The van der Waals surface area contributed by atoms with Crippen LogP contribution in [0.15, 0.2) is 18.2 Å². The molecule has 0 bridgehead atoms. The highest BCUT2D eigenvalue weighted by molar-refractivity contribution is 5.90.